The Morgan fingerprint density at radius 1 is 1.24 bits per heavy atom. The molecule has 2 amide bonds. The van der Waals surface area contributed by atoms with Gasteiger partial charge in [-0.2, -0.15) is 0 Å². The number of unbranched alkanes of at least 4 members (excludes halogenated alkanes) is 1. The number of benzene rings is 1. The number of urea groups is 1. The summed E-state index contributed by atoms with van der Waals surface area (Å²) in [5.41, 5.74) is 0.812. The number of amides is 2. The van der Waals surface area contributed by atoms with Gasteiger partial charge in [0.2, 0.25) is 19.3 Å². The first-order valence-electron chi connectivity index (χ1n) is 9.45. The first-order valence-corrected chi connectivity index (χ1v) is 11.9. The number of aromatic nitrogens is 2. The molecule has 0 saturated carbocycles. The van der Waals surface area contributed by atoms with E-state index >= 15 is 0 Å². The maximum absolute atomic E-state index is 12.7. The van der Waals surface area contributed by atoms with E-state index in [0.29, 0.717) is 19.6 Å². The highest BCUT2D eigenvalue weighted by molar-refractivity contribution is 7.93. The summed E-state index contributed by atoms with van der Waals surface area (Å²) in [5, 5.41) is 11.4. The fraction of sp³-hybridized carbons (Fsp3) is 0.500. The highest BCUT2D eigenvalue weighted by Crippen LogP contribution is 2.30. The molecule has 0 spiro atoms. The molecule has 1 fully saturated rings. The third-order valence-corrected chi connectivity index (χ3v) is 7.59. The number of nitrogens with one attached hydrogen (secondary N) is 1. The van der Waals surface area contributed by atoms with Crippen LogP contribution in [0.25, 0.3) is 0 Å². The Kier molecular flexibility index (Phi) is 6.58. The van der Waals surface area contributed by atoms with Gasteiger partial charge in [0.25, 0.3) is 0 Å². The van der Waals surface area contributed by atoms with Gasteiger partial charge in [0.15, 0.2) is 0 Å². The van der Waals surface area contributed by atoms with Crippen molar-refractivity contribution >= 4 is 38.0 Å². The number of nitrogens with zero attached hydrogens (tertiary/aromatic N) is 4. The molecule has 1 aliphatic heterocycles. The third kappa shape index (κ3) is 4.78. The van der Waals surface area contributed by atoms with Crippen molar-refractivity contribution in [3.8, 4) is 5.75 Å². The summed E-state index contributed by atoms with van der Waals surface area (Å²) in [6.07, 6.45) is 0.934. The average molecular weight is 440 g/mol. The van der Waals surface area contributed by atoms with Crippen LogP contribution in [0, 0.1) is 0 Å². The molecular weight excluding hydrogens is 414 g/mol. The number of carbonyl (C=O) groups is 1. The quantitative estimate of drug-likeness (QED) is 0.599. The lowest BCUT2D eigenvalue weighted by atomic mass is 10.3. The van der Waals surface area contributed by atoms with Crippen LogP contribution >= 0.6 is 11.3 Å². The van der Waals surface area contributed by atoms with Gasteiger partial charge in [-0.15, -0.1) is 10.2 Å². The highest BCUT2D eigenvalue weighted by Gasteiger charge is 2.39. The van der Waals surface area contributed by atoms with Crippen LogP contribution in [0.3, 0.4) is 0 Å². The topological polar surface area (TPSA) is 105 Å². The summed E-state index contributed by atoms with van der Waals surface area (Å²) in [4.78, 5) is 15.7. The maximum Gasteiger partial charge on any atom is 0.328 e. The van der Waals surface area contributed by atoms with Gasteiger partial charge in [0.05, 0.1) is 18.9 Å². The van der Waals surface area contributed by atoms with Crippen LogP contribution in [0.15, 0.2) is 28.6 Å². The van der Waals surface area contributed by atoms with E-state index in [1.807, 2.05) is 38.1 Å². The largest absolute Gasteiger partial charge is 0.494 e. The summed E-state index contributed by atoms with van der Waals surface area (Å²) >= 11 is 0.925. The molecule has 158 valence electrons. The molecule has 1 saturated heterocycles. The van der Waals surface area contributed by atoms with E-state index in [2.05, 4.69) is 15.5 Å². The van der Waals surface area contributed by atoms with Crippen LogP contribution in [0.5, 0.6) is 5.75 Å². The zero-order chi connectivity index (χ0) is 21.0. The second kappa shape index (κ2) is 8.95. The highest BCUT2D eigenvalue weighted by atomic mass is 32.2. The van der Waals surface area contributed by atoms with Crippen molar-refractivity contribution < 1.29 is 17.9 Å². The lowest BCUT2D eigenvalue weighted by Crippen LogP contribution is -2.39. The Morgan fingerprint density at radius 2 is 1.97 bits per heavy atom. The Bertz CT molecular complexity index is 945. The lowest BCUT2D eigenvalue weighted by Gasteiger charge is -2.22. The molecule has 1 aromatic carbocycles. The summed E-state index contributed by atoms with van der Waals surface area (Å²) in [6, 6.07) is 7.17. The van der Waals surface area contributed by atoms with Crippen LogP contribution in [0.1, 0.15) is 26.7 Å². The Hall–Kier alpha value is -2.40. The van der Waals surface area contributed by atoms with Crippen molar-refractivity contribution in [3.63, 3.8) is 0 Å². The summed E-state index contributed by atoms with van der Waals surface area (Å²) < 4.78 is 30.2. The van der Waals surface area contributed by atoms with E-state index in [-0.39, 0.29) is 21.3 Å². The molecule has 1 unspecified atom stereocenters. The number of hydrogen-bond acceptors (Lipinski definition) is 8. The first-order chi connectivity index (χ1) is 13.9. The minimum absolute atomic E-state index is 0.0276. The lowest BCUT2D eigenvalue weighted by molar-refractivity contribution is 0.229. The zero-order valence-corrected chi connectivity index (χ0v) is 18.3. The van der Waals surface area contributed by atoms with Gasteiger partial charge < -0.3 is 15.0 Å². The number of ether oxygens (including phenoxy) is 1. The second-order valence-electron chi connectivity index (χ2n) is 6.67. The van der Waals surface area contributed by atoms with Crippen LogP contribution in [0.2, 0.25) is 0 Å². The SMILES string of the molecule is CCCCS(=O)(=O)c1nnc(N2C(=O)N(C)CC2Nc2ccc(OCC)cc2)s1. The number of rotatable bonds is 9. The van der Waals surface area contributed by atoms with Crippen LogP contribution in [-0.2, 0) is 9.84 Å². The minimum Gasteiger partial charge on any atom is -0.494 e. The standard InChI is InChI=1S/C18H25N5O4S2/c1-4-6-11-29(25,26)17-21-20-16(28-17)23-15(12-22(3)18(23)24)19-13-7-9-14(10-8-13)27-5-2/h7-10,15,19H,4-6,11-12H2,1-3H3. The van der Waals surface area contributed by atoms with Crippen molar-refractivity contribution in [2.24, 2.45) is 0 Å². The average Bonchev–Trinajstić information content (AvgIpc) is 3.28. The van der Waals surface area contributed by atoms with E-state index in [1.54, 1.807) is 11.9 Å². The zero-order valence-electron chi connectivity index (χ0n) is 16.7. The number of likely N-dealkylation sites (N-methyl/N-ethyl adjacent to an activating group) is 1. The van der Waals surface area contributed by atoms with E-state index in [9.17, 15) is 13.2 Å². The monoisotopic (exact) mass is 439 g/mol. The molecule has 9 nitrogen and oxygen atoms in total. The molecule has 1 N–H and O–H groups in total. The van der Waals surface area contributed by atoms with Gasteiger partial charge in [-0.25, -0.2) is 18.1 Å². The predicted octanol–water partition coefficient (Wildman–Crippen LogP) is 2.82. The molecule has 29 heavy (non-hydrogen) atoms. The maximum atomic E-state index is 12.7. The van der Waals surface area contributed by atoms with Crippen LogP contribution in [-0.4, -0.2) is 61.7 Å². The molecule has 0 aliphatic carbocycles. The van der Waals surface area contributed by atoms with Crippen molar-refractivity contribution in [2.75, 3.05) is 36.2 Å². The molecule has 1 atom stereocenters. The third-order valence-electron chi connectivity index (χ3n) is 4.42. The summed E-state index contributed by atoms with van der Waals surface area (Å²) in [6.45, 7) is 4.85. The fourth-order valence-electron chi connectivity index (χ4n) is 2.92. The van der Waals surface area contributed by atoms with E-state index < -0.39 is 16.0 Å². The van der Waals surface area contributed by atoms with Gasteiger partial charge >= 0.3 is 6.03 Å². The van der Waals surface area contributed by atoms with Crippen LogP contribution < -0.4 is 15.0 Å². The van der Waals surface area contributed by atoms with E-state index in [1.165, 1.54) is 4.90 Å². The van der Waals surface area contributed by atoms with E-state index in [4.69, 9.17) is 4.74 Å². The van der Waals surface area contributed by atoms with Crippen molar-refractivity contribution in [2.45, 2.75) is 37.2 Å². The summed E-state index contributed by atoms with van der Waals surface area (Å²) in [7, 11) is -1.80. The summed E-state index contributed by atoms with van der Waals surface area (Å²) in [5.74, 6) is 0.792. The Labute approximate surface area is 174 Å². The number of carbonyl (C=O) groups excluding carboxylic acids is 1. The molecule has 11 heteroatoms. The van der Waals surface area contributed by atoms with Gasteiger partial charge in [0, 0.05) is 12.7 Å². The molecule has 0 bridgehead atoms. The van der Waals surface area contributed by atoms with Crippen LogP contribution in [0.4, 0.5) is 15.6 Å². The molecule has 2 heterocycles. The van der Waals surface area contributed by atoms with Gasteiger partial charge in [0.1, 0.15) is 11.9 Å². The fourth-order valence-corrected chi connectivity index (χ4v) is 5.53. The molecule has 3 rings (SSSR count). The van der Waals surface area contributed by atoms with Gasteiger partial charge in [-0.05, 0) is 37.6 Å². The predicted molar refractivity (Wildman–Crippen MR) is 112 cm³/mol. The van der Waals surface area contributed by atoms with Crippen molar-refractivity contribution in [1.82, 2.24) is 15.1 Å². The molecule has 2 aromatic rings. The smallest absolute Gasteiger partial charge is 0.328 e. The van der Waals surface area contributed by atoms with Crippen molar-refractivity contribution in [3.05, 3.63) is 24.3 Å². The van der Waals surface area contributed by atoms with Crippen molar-refractivity contribution in [1.29, 1.82) is 0 Å². The number of anilines is 2. The normalized spacial score (nSPS) is 17.1. The van der Waals surface area contributed by atoms with Gasteiger partial charge in [-0.1, -0.05) is 24.7 Å². The first kappa shape index (κ1) is 21.3. The Balaban J connectivity index is 1.80. The van der Waals surface area contributed by atoms with E-state index in [0.717, 1.165) is 29.2 Å². The second-order valence-corrected chi connectivity index (χ2v) is 9.91. The molecular formula is C18H25N5O4S2. The van der Waals surface area contributed by atoms with Gasteiger partial charge in [-0.3, -0.25) is 0 Å². The number of hydrogen-bond donors (Lipinski definition) is 1. The number of sulfone groups is 1. The molecule has 0 radical (unpaired) electrons. The molecule has 1 aromatic heterocycles. The Morgan fingerprint density at radius 3 is 2.62 bits per heavy atom. The molecule has 1 aliphatic rings. The minimum atomic E-state index is -3.49.